The van der Waals surface area contributed by atoms with Crippen LogP contribution in [0.15, 0.2) is 29.6 Å². The van der Waals surface area contributed by atoms with Gasteiger partial charge in [0.2, 0.25) is 0 Å². The first-order valence-corrected chi connectivity index (χ1v) is 6.46. The molecule has 0 saturated heterocycles. The van der Waals surface area contributed by atoms with E-state index in [1.54, 1.807) is 12.1 Å². The lowest BCUT2D eigenvalue weighted by Gasteiger charge is -2.11. The number of hydrogen-bond donors (Lipinski definition) is 2. The van der Waals surface area contributed by atoms with Crippen LogP contribution in [0, 0.1) is 6.92 Å². The molecule has 1 heterocycles. The lowest BCUT2D eigenvalue weighted by molar-refractivity contribution is 0.0940. The minimum atomic E-state index is -0.171. The van der Waals surface area contributed by atoms with E-state index in [0.29, 0.717) is 5.56 Å². The molecule has 5 heteroatoms. The number of benzene rings is 1. The molecule has 4 nitrogen and oxygen atoms in total. The zero-order valence-electron chi connectivity index (χ0n) is 10.2. The number of rotatable bonds is 3. The van der Waals surface area contributed by atoms with Gasteiger partial charge in [0.1, 0.15) is 10.8 Å². The molecule has 1 aromatic carbocycles. The average Bonchev–Trinajstić information content (AvgIpc) is 2.76. The Bertz CT molecular complexity index is 548. The molecule has 1 unspecified atom stereocenters. The summed E-state index contributed by atoms with van der Waals surface area (Å²) < 4.78 is 0. The molecule has 0 aliphatic rings. The molecule has 0 aliphatic heterocycles. The van der Waals surface area contributed by atoms with Gasteiger partial charge < -0.3 is 10.4 Å². The summed E-state index contributed by atoms with van der Waals surface area (Å²) in [6, 6.07) is 6.04. The number of carbonyl (C=O) groups is 1. The van der Waals surface area contributed by atoms with E-state index < -0.39 is 0 Å². The van der Waals surface area contributed by atoms with E-state index in [9.17, 15) is 4.79 Å². The van der Waals surface area contributed by atoms with Gasteiger partial charge in [-0.05, 0) is 38.1 Å². The highest BCUT2D eigenvalue weighted by Crippen LogP contribution is 2.18. The molecule has 1 amide bonds. The summed E-state index contributed by atoms with van der Waals surface area (Å²) in [5.41, 5.74) is 1.48. The number of nitrogens with zero attached hydrogens (tertiary/aromatic N) is 1. The third-order valence-corrected chi connectivity index (χ3v) is 3.63. The van der Waals surface area contributed by atoms with Crippen LogP contribution in [0.2, 0.25) is 0 Å². The van der Waals surface area contributed by atoms with Crippen LogP contribution in [0.5, 0.6) is 5.75 Å². The van der Waals surface area contributed by atoms with Crippen molar-refractivity contribution < 1.29 is 9.90 Å². The topological polar surface area (TPSA) is 62.2 Å². The Balaban J connectivity index is 2.05. The van der Waals surface area contributed by atoms with Gasteiger partial charge in [0.15, 0.2) is 0 Å². The third-order valence-electron chi connectivity index (χ3n) is 2.48. The maximum absolute atomic E-state index is 11.9. The minimum absolute atomic E-state index is 0.120. The summed E-state index contributed by atoms with van der Waals surface area (Å²) in [5, 5.41) is 14.9. The molecular weight excluding hydrogens is 248 g/mol. The maximum atomic E-state index is 11.9. The fourth-order valence-corrected chi connectivity index (χ4v) is 2.33. The first kappa shape index (κ1) is 12.6. The van der Waals surface area contributed by atoms with Gasteiger partial charge in [-0.2, -0.15) is 0 Å². The third kappa shape index (κ3) is 2.87. The molecule has 94 valence electrons. The predicted octanol–water partition coefficient (Wildman–Crippen LogP) is 2.65. The van der Waals surface area contributed by atoms with Crippen molar-refractivity contribution in [2.75, 3.05) is 0 Å². The SMILES string of the molecule is Cc1csc(C(C)NC(=O)c2ccc(O)cc2)n1. The average molecular weight is 262 g/mol. The molecule has 2 rings (SSSR count). The summed E-state index contributed by atoms with van der Waals surface area (Å²) in [6.07, 6.45) is 0. The van der Waals surface area contributed by atoms with Crippen molar-refractivity contribution in [1.82, 2.24) is 10.3 Å². The maximum Gasteiger partial charge on any atom is 0.251 e. The van der Waals surface area contributed by atoms with E-state index in [0.717, 1.165) is 10.7 Å². The van der Waals surface area contributed by atoms with Crippen LogP contribution >= 0.6 is 11.3 Å². The molecule has 0 radical (unpaired) electrons. The Morgan fingerprint density at radius 1 is 1.39 bits per heavy atom. The molecule has 18 heavy (non-hydrogen) atoms. The molecule has 0 aliphatic carbocycles. The summed E-state index contributed by atoms with van der Waals surface area (Å²) in [4.78, 5) is 16.3. The molecule has 1 atom stereocenters. The van der Waals surface area contributed by atoms with Gasteiger partial charge in [0, 0.05) is 16.6 Å². The van der Waals surface area contributed by atoms with E-state index in [-0.39, 0.29) is 17.7 Å². The quantitative estimate of drug-likeness (QED) is 0.894. The largest absolute Gasteiger partial charge is 0.508 e. The number of aryl methyl sites for hydroxylation is 1. The first-order valence-electron chi connectivity index (χ1n) is 5.58. The lowest BCUT2D eigenvalue weighted by atomic mass is 10.2. The van der Waals surface area contributed by atoms with Crippen molar-refractivity contribution in [2.45, 2.75) is 19.9 Å². The summed E-state index contributed by atoms with van der Waals surface area (Å²) >= 11 is 1.53. The molecule has 2 aromatic rings. The number of aromatic nitrogens is 1. The van der Waals surface area contributed by atoms with Crippen molar-refractivity contribution in [3.8, 4) is 5.75 Å². The highest BCUT2D eigenvalue weighted by Gasteiger charge is 2.13. The van der Waals surface area contributed by atoms with E-state index in [4.69, 9.17) is 5.11 Å². The number of phenols is 1. The number of hydrogen-bond acceptors (Lipinski definition) is 4. The zero-order valence-corrected chi connectivity index (χ0v) is 11.0. The van der Waals surface area contributed by atoms with Crippen LogP contribution in [0.1, 0.15) is 34.0 Å². The minimum Gasteiger partial charge on any atom is -0.508 e. The second-order valence-corrected chi connectivity index (χ2v) is 4.96. The van der Waals surface area contributed by atoms with Gasteiger partial charge >= 0.3 is 0 Å². The molecule has 0 fully saturated rings. The van der Waals surface area contributed by atoms with Gasteiger partial charge in [0.25, 0.3) is 5.91 Å². The van der Waals surface area contributed by atoms with Crippen LogP contribution in [-0.4, -0.2) is 16.0 Å². The first-order chi connectivity index (χ1) is 8.56. The fraction of sp³-hybridized carbons (Fsp3) is 0.231. The van der Waals surface area contributed by atoms with Crippen LogP contribution in [0.3, 0.4) is 0 Å². The van der Waals surface area contributed by atoms with Gasteiger partial charge in [-0.15, -0.1) is 11.3 Å². The molecular formula is C13H14N2O2S. The Labute approximate surface area is 109 Å². The van der Waals surface area contributed by atoms with E-state index in [2.05, 4.69) is 10.3 Å². The van der Waals surface area contributed by atoms with Gasteiger partial charge in [-0.1, -0.05) is 0 Å². The van der Waals surface area contributed by atoms with Gasteiger partial charge in [0.05, 0.1) is 6.04 Å². The Hall–Kier alpha value is -1.88. The van der Waals surface area contributed by atoms with E-state index in [1.165, 1.54) is 23.5 Å². The predicted molar refractivity (Wildman–Crippen MR) is 70.8 cm³/mol. The smallest absolute Gasteiger partial charge is 0.251 e. The second-order valence-electron chi connectivity index (χ2n) is 4.07. The van der Waals surface area contributed by atoms with E-state index >= 15 is 0 Å². The molecule has 0 bridgehead atoms. The second kappa shape index (κ2) is 5.18. The zero-order chi connectivity index (χ0) is 13.1. The summed E-state index contributed by atoms with van der Waals surface area (Å²) in [5.74, 6) is -0.0227. The highest BCUT2D eigenvalue weighted by atomic mass is 32.1. The number of thiazole rings is 1. The number of carbonyl (C=O) groups excluding carboxylic acids is 1. The lowest BCUT2D eigenvalue weighted by Crippen LogP contribution is -2.26. The van der Waals surface area contributed by atoms with Crippen molar-refractivity contribution in [1.29, 1.82) is 0 Å². The number of phenolic OH excluding ortho intramolecular Hbond substituents is 1. The Kier molecular flexibility index (Phi) is 3.62. The molecule has 0 spiro atoms. The van der Waals surface area contributed by atoms with Crippen LogP contribution in [-0.2, 0) is 0 Å². The summed E-state index contributed by atoms with van der Waals surface area (Å²) in [6.45, 7) is 3.82. The van der Waals surface area contributed by atoms with Crippen LogP contribution in [0.25, 0.3) is 0 Å². The number of aromatic hydroxyl groups is 1. The van der Waals surface area contributed by atoms with Crippen molar-refractivity contribution in [2.24, 2.45) is 0 Å². The molecule has 2 N–H and O–H groups in total. The van der Waals surface area contributed by atoms with Crippen LogP contribution < -0.4 is 5.32 Å². The number of amides is 1. The number of nitrogens with one attached hydrogen (secondary N) is 1. The van der Waals surface area contributed by atoms with Gasteiger partial charge in [-0.25, -0.2) is 4.98 Å². The van der Waals surface area contributed by atoms with E-state index in [1.807, 2.05) is 19.2 Å². The standard InChI is InChI=1S/C13H14N2O2S/c1-8-7-18-13(14-8)9(2)15-12(17)10-3-5-11(16)6-4-10/h3-7,9,16H,1-2H3,(H,15,17). The van der Waals surface area contributed by atoms with Crippen molar-refractivity contribution in [3.05, 3.63) is 45.9 Å². The van der Waals surface area contributed by atoms with Crippen LogP contribution in [0.4, 0.5) is 0 Å². The van der Waals surface area contributed by atoms with Gasteiger partial charge in [-0.3, -0.25) is 4.79 Å². The fourth-order valence-electron chi connectivity index (χ4n) is 1.53. The summed E-state index contributed by atoms with van der Waals surface area (Å²) in [7, 11) is 0. The Morgan fingerprint density at radius 2 is 2.06 bits per heavy atom. The van der Waals surface area contributed by atoms with Crippen molar-refractivity contribution >= 4 is 17.2 Å². The monoisotopic (exact) mass is 262 g/mol. The molecule has 0 saturated carbocycles. The van der Waals surface area contributed by atoms with Crippen molar-refractivity contribution in [3.63, 3.8) is 0 Å². The Morgan fingerprint density at radius 3 is 2.61 bits per heavy atom. The highest BCUT2D eigenvalue weighted by molar-refractivity contribution is 7.09. The normalized spacial score (nSPS) is 12.1. The molecule has 1 aromatic heterocycles.